The molecule has 0 amide bonds. The highest BCUT2D eigenvalue weighted by atomic mass is 16.6. The number of carbonyl (C=O) groups is 1. The lowest BCUT2D eigenvalue weighted by molar-refractivity contribution is -0.144. The van der Waals surface area contributed by atoms with Crippen LogP contribution < -0.4 is 0 Å². The van der Waals surface area contributed by atoms with Crippen LogP contribution in [-0.4, -0.2) is 30.4 Å². The zero-order valence-electron chi connectivity index (χ0n) is 8.39. The predicted molar refractivity (Wildman–Crippen MR) is 50.4 cm³/mol. The highest BCUT2D eigenvalue weighted by Gasteiger charge is 2.20. The van der Waals surface area contributed by atoms with Gasteiger partial charge in [0.05, 0.1) is 0 Å². The molecule has 80 valence electrons. The average molecular weight is 210 g/mol. The van der Waals surface area contributed by atoms with Crippen LogP contribution in [0.4, 0.5) is 0 Å². The van der Waals surface area contributed by atoms with Crippen LogP contribution in [0.2, 0.25) is 0 Å². The molecular weight excluding hydrogens is 200 g/mol. The van der Waals surface area contributed by atoms with E-state index in [1.807, 2.05) is 0 Å². The molecule has 0 saturated heterocycles. The Morgan fingerprint density at radius 3 is 2.27 bits per heavy atom. The number of rotatable bonds is 5. The van der Waals surface area contributed by atoms with Gasteiger partial charge in [-0.05, 0) is 13.8 Å². The van der Waals surface area contributed by atoms with Crippen LogP contribution in [0.1, 0.15) is 13.8 Å². The number of esters is 1. The van der Waals surface area contributed by atoms with Crippen molar-refractivity contribution in [3.05, 3.63) is 12.2 Å². The van der Waals surface area contributed by atoms with Crippen molar-refractivity contribution in [2.24, 2.45) is 9.98 Å². The van der Waals surface area contributed by atoms with Gasteiger partial charge in [-0.15, -0.1) is 0 Å². The van der Waals surface area contributed by atoms with Crippen LogP contribution in [0.25, 0.3) is 0 Å². The Labute approximate surface area is 86.4 Å². The fourth-order valence-electron chi connectivity index (χ4n) is 0.642. The van der Waals surface area contributed by atoms with Gasteiger partial charge < -0.3 is 4.74 Å². The molecule has 2 atom stereocenters. The number of hydrogen-bond acceptors (Lipinski definition) is 6. The van der Waals surface area contributed by atoms with Gasteiger partial charge in [-0.25, -0.2) is 14.4 Å². The summed E-state index contributed by atoms with van der Waals surface area (Å²) in [5, 5.41) is 0. The third kappa shape index (κ3) is 4.67. The molecule has 0 bridgehead atoms. The van der Waals surface area contributed by atoms with E-state index in [1.54, 1.807) is 0 Å². The molecule has 0 saturated carbocycles. The fraction of sp³-hybridized carbons (Fsp3) is 0.444. The predicted octanol–water partition coefficient (Wildman–Crippen LogP) is 0.492. The van der Waals surface area contributed by atoms with Gasteiger partial charge >= 0.3 is 5.97 Å². The second-order valence-electron chi connectivity index (χ2n) is 2.76. The molecule has 15 heavy (non-hydrogen) atoms. The molecular formula is C9H10N2O4. The van der Waals surface area contributed by atoms with Crippen molar-refractivity contribution in [2.45, 2.75) is 26.1 Å². The lowest BCUT2D eigenvalue weighted by Crippen LogP contribution is -2.26. The maximum atomic E-state index is 11.1. The van der Waals surface area contributed by atoms with Crippen molar-refractivity contribution in [3.63, 3.8) is 0 Å². The summed E-state index contributed by atoms with van der Waals surface area (Å²) < 4.78 is 4.73. The molecule has 0 aromatic carbocycles. The van der Waals surface area contributed by atoms with Gasteiger partial charge in [0.2, 0.25) is 18.4 Å². The van der Waals surface area contributed by atoms with E-state index in [0.717, 1.165) is 0 Å². The quantitative estimate of drug-likeness (QED) is 0.286. The Kier molecular flexibility index (Phi) is 5.56. The number of nitrogens with zero attached hydrogens (tertiary/aromatic N) is 2. The van der Waals surface area contributed by atoms with E-state index < -0.39 is 18.2 Å². The Balaban J connectivity index is 4.67. The van der Waals surface area contributed by atoms with Crippen LogP contribution in [0.3, 0.4) is 0 Å². The van der Waals surface area contributed by atoms with Crippen molar-refractivity contribution < 1.29 is 19.1 Å². The molecule has 0 rings (SSSR count). The molecule has 0 heterocycles. The summed E-state index contributed by atoms with van der Waals surface area (Å²) in [5.41, 5.74) is 0.156. The Morgan fingerprint density at radius 2 is 1.87 bits per heavy atom. The highest BCUT2D eigenvalue weighted by Crippen LogP contribution is 2.07. The SMILES string of the molecule is C=C(C)C(=O)OC(N=C=O)C(C)N=C=O. The van der Waals surface area contributed by atoms with Crippen molar-refractivity contribution in [3.8, 4) is 0 Å². The van der Waals surface area contributed by atoms with E-state index in [9.17, 15) is 14.4 Å². The first-order chi connectivity index (χ1) is 7.02. The smallest absolute Gasteiger partial charge is 0.335 e. The van der Waals surface area contributed by atoms with Gasteiger partial charge in [-0.3, -0.25) is 0 Å². The van der Waals surface area contributed by atoms with E-state index in [4.69, 9.17) is 4.74 Å². The molecule has 0 aliphatic heterocycles. The molecule has 0 fully saturated rings. The van der Waals surface area contributed by atoms with Gasteiger partial charge in [0, 0.05) is 5.57 Å². The van der Waals surface area contributed by atoms with E-state index in [2.05, 4.69) is 16.6 Å². The molecule has 0 aliphatic rings. The minimum atomic E-state index is -1.17. The molecule has 0 radical (unpaired) electrons. The number of aliphatic imine (C=N–C) groups is 2. The van der Waals surface area contributed by atoms with Crippen molar-refractivity contribution in [2.75, 3.05) is 0 Å². The normalized spacial score (nSPS) is 12.7. The van der Waals surface area contributed by atoms with Crippen LogP contribution in [0.5, 0.6) is 0 Å². The summed E-state index contributed by atoms with van der Waals surface area (Å²) in [6, 6.07) is -0.785. The molecule has 0 N–H and O–H groups in total. The van der Waals surface area contributed by atoms with Gasteiger partial charge in [-0.1, -0.05) is 6.58 Å². The average Bonchev–Trinajstić information content (AvgIpc) is 2.17. The largest absolute Gasteiger partial charge is 0.433 e. The first-order valence-corrected chi connectivity index (χ1v) is 4.03. The lowest BCUT2D eigenvalue weighted by atomic mass is 10.3. The minimum absolute atomic E-state index is 0.156. The maximum Gasteiger partial charge on any atom is 0.335 e. The van der Waals surface area contributed by atoms with E-state index in [1.165, 1.54) is 26.0 Å². The number of carbonyl (C=O) groups excluding carboxylic acids is 3. The number of isocyanates is 2. The highest BCUT2D eigenvalue weighted by molar-refractivity contribution is 5.87. The van der Waals surface area contributed by atoms with Crippen LogP contribution >= 0.6 is 0 Å². The van der Waals surface area contributed by atoms with Gasteiger partial charge in [-0.2, -0.15) is 9.98 Å². The topological polar surface area (TPSA) is 85.2 Å². The molecule has 6 nitrogen and oxygen atoms in total. The second kappa shape index (κ2) is 6.43. The third-order valence-corrected chi connectivity index (χ3v) is 1.43. The number of ether oxygens (including phenoxy) is 1. The van der Waals surface area contributed by atoms with E-state index in [0.29, 0.717) is 0 Å². The molecule has 0 aromatic rings. The fourth-order valence-corrected chi connectivity index (χ4v) is 0.642. The van der Waals surface area contributed by atoms with E-state index in [-0.39, 0.29) is 5.57 Å². The zero-order valence-corrected chi connectivity index (χ0v) is 8.39. The summed E-state index contributed by atoms with van der Waals surface area (Å²) in [7, 11) is 0. The molecule has 2 unspecified atom stereocenters. The third-order valence-electron chi connectivity index (χ3n) is 1.43. The Bertz CT molecular complexity index is 351. The standard InChI is InChI=1S/C9H10N2O4/c1-6(2)9(14)15-8(11-5-13)7(3)10-4-12/h7-8H,1H2,2-3H3. The zero-order chi connectivity index (χ0) is 11.8. The molecule has 0 aliphatic carbocycles. The monoisotopic (exact) mass is 210 g/mol. The summed E-state index contributed by atoms with van der Waals surface area (Å²) >= 11 is 0. The minimum Gasteiger partial charge on any atom is -0.433 e. The van der Waals surface area contributed by atoms with Crippen molar-refractivity contribution >= 4 is 18.1 Å². The van der Waals surface area contributed by atoms with Gasteiger partial charge in [0.15, 0.2) is 0 Å². The Hall–Kier alpha value is -2.03. The summed E-state index contributed by atoms with van der Waals surface area (Å²) in [5.74, 6) is -0.716. The molecule has 6 heteroatoms. The summed E-state index contributed by atoms with van der Waals surface area (Å²) in [6.45, 7) is 6.24. The van der Waals surface area contributed by atoms with E-state index >= 15 is 0 Å². The molecule has 0 spiro atoms. The van der Waals surface area contributed by atoms with Crippen LogP contribution in [0.15, 0.2) is 22.1 Å². The summed E-state index contributed by atoms with van der Waals surface area (Å²) in [4.78, 5) is 37.5. The van der Waals surface area contributed by atoms with Crippen molar-refractivity contribution in [1.29, 1.82) is 0 Å². The Morgan fingerprint density at radius 1 is 1.33 bits per heavy atom. The first-order valence-electron chi connectivity index (χ1n) is 4.03. The van der Waals surface area contributed by atoms with Crippen LogP contribution in [-0.2, 0) is 19.1 Å². The number of hydrogen-bond donors (Lipinski definition) is 0. The first kappa shape index (κ1) is 13.0. The molecule has 0 aromatic heterocycles. The maximum absolute atomic E-state index is 11.1. The second-order valence-corrected chi connectivity index (χ2v) is 2.76. The van der Waals surface area contributed by atoms with Gasteiger partial charge in [0.25, 0.3) is 0 Å². The summed E-state index contributed by atoms with van der Waals surface area (Å²) in [6.07, 6.45) is 1.34. The van der Waals surface area contributed by atoms with Crippen LogP contribution in [0, 0.1) is 0 Å². The van der Waals surface area contributed by atoms with Crippen molar-refractivity contribution in [1.82, 2.24) is 0 Å². The lowest BCUT2D eigenvalue weighted by Gasteiger charge is -2.14. The van der Waals surface area contributed by atoms with Gasteiger partial charge in [0.1, 0.15) is 6.04 Å².